The predicted octanol–water partition coefficient (Wildman–Crippen LogP) is 2.36. The summed E-state index contributed by atoms with van der Waals surface area (Å²) in [5.41, 5.74) is 6.83. The predicted molar refractivity (Wildman–Crippen MR) is 73.8 cm³/mol. The molecule has 0 bridgehead atoms. The summed E-state index contributed by atoms with van der Waals surface area (Å²) in [5.74, 6) is 0.407. The highest BCUT2D eigenvalue weighted by Gasteiger charge is 2.08. The van der Waals surface area contributed by atoms with Crippen molar-refractivity contribution in [2.24, 2.45) is 0 Å². The van der Waals surface area contributed by atoms with Gasteiger partial charge in [0.25, 0.3) is 5.91 Å². The van der Waals surface area contributed by atoms with E-state index in [1.807, 2.05) is 0 Å². The second-order valence-corrected chi connectivity index (χ2v) is 3.96. The molecule has 0 aromatic heterocycles. The Bertz CT molecular complexity index is 416. The lowest BCUT2D eigenvalue weighted by Gasteiger charge is -2.09. The number of ether oxygens (including phenoxy) is 1. The molecule has 0 aliphatic heterocycles. The number of carbonyl (C=O) groups is 1. The van der Waals surface area contributed by atoms with Crippen molar-refractivity contribution in [2.75, 3.05) is 18.9 Å². The second-order valence-electron chi connectivity index (χ2n) is 3.96. The van der Waals surface area contributed by atoms with E-state index in [1.165, 1.54) is 0 Å². The van der Waals surface area contributed by atoms with Crippen LogP contribution in [0.1, 0.15) is 30.1 Å². The summed E-state index contributed by atoms with van der Waals surface area (Å²) in [6, 6.07) is 5.02. The largest absolute Gasteiger partial charge is 0.487 e. The molecule has 0 atom stereocenters. The number of rotatable bonds is 7. The van der Waals surface area contributed by atoms with Gasteiger partial charge < -0.3 is 15.8 Å². The minimum absolute atomic E-state index is 0.105. The molecule has 98 valence electrons. The summed E-state index contributed by atoms with van der Waals surface area (Å²) >= 11 is 0. The fourth-order valence-corrected chi connectivity index (χ4v) is 1.43. The van der Waals surface area contributed by atoms with Crippen molar-refractivity contribution in [1.29, 1.82) is 0 Å². The van der Waals surface area contributed by atoms with E-state index >= 15 is 0 Å². The van der Waals surface area contributed by atoms with Gasteiger partial charge in [0, 0.05) is 12.1 Å². The SMILES string of the molecule is C=CCOc1cc(C(=O)NCCCC)ccc1N. The highest BCUT2D eigenvalue weighted by molar-refractivity contribution is 5.95. The van der Waals surface area contributed by atoms with Gasteiger partial charge in [-0.15, -0.1) is 0 Å². The lowest BCUT2D eigenvalue weighted by Crippen LogP contribution is -2.24. The molecule has 0 fully saturated rings. The fraction of sp³-hybridized carbons (Fsp3) is 0.357. The number of nitrogen functional groups attached to an aromatic ring is 1. The highest BCUT2D eigenvalue weighted by Crippen LogP contribution is 2.22. The Morgan fingerprint density at radius 2 is 2.33 bits per heavy atom. The molecule has 0 spiro atoms. The molecule has 0 aliphatic rings. The maximum atomic E-state index is 11.8. The average Bonchev–Trinajstić information content (AvgIpc) is 2.38. The van der Waals surface area contributed by atoms with E-state index in [0.29, 0.717) is 30.2 Å². The molecule has 1 amide bonds. The fourth-order valence-electron chi connectivity index (χ4n) is 1.43. The number of benzene rings is 1. The van der Waals surface area contributed by atoms with E-state index in [9.17, 15) is 4.79 Å². The van der Waals surface area contributed by atoms with E-state index in [-0.39, 0.29) is 5.91 Å². The van der Waals surface area contributed by atoms with Crippen LogP contribution in [0, 0.1) is 0 Å². The molecular formula is C14H20N2O2. The van der Waals surface area contributed by atoms with Crippen LogP contribution in [-0.2, 0) is 0 Å². The molecule has 0 radical (unpaired) electrons. The lowest BCUT2D eigenvalue weighted by atomic mass is 10.1. The van der Waals surface area contributed by atoms with Crippen LogP contribution in [-0.4, -0.2) is 19.1 Å². The third-order valence-corrected chi connectivity index (χ3v) is 2.45. The van der Waals surface area contributed by atoms with E-state index < -0.39 is 0 Å². The zero-order valence-electron chi connectivity index (χ0n) is 10.7. The minimum atomic E-state index is -0.105. The Balaban J connectivity index is 2.70. The van der Waals surface area contributed by atoms with Gasteiger partial charge in [-0.25, -0.2) is 0 Å². The van der Waals surface area contributed by atoms with Crippen LogP contribution in [0.3, 0.4) is 0 Å². The minimum Gasteiger partial charge on any atom is -0.487 e. The zero-order valence-corrected chi connectivity index (χ0v) is 10.7. The molecule has 0 saturated carbocycles. The summed E-state index contributed by atoms with van der Waals surface area (Å²) in [6.07, 6.45) is 3.66. The third kappa shape index (κ3) is 4.13. The number of hydrogen-bond acceptors (Lipinski definition) is 3. The quantitative estimate of drug-likeness (QED) is 0.442. The second kappa shape index (κ2) is 7.37. The van der Waals surface area contributed by atoms with E-state index in [2.05, 4.69) is 18.8 Å². The molecule has 3 N–H and O–H groups in total. The smallest absolute Gasteiger partial charge is 0.251 e. The number of unbranched alkanes of at least 4 members (excludes halogenated alkanes) is 1. The number of nitrogens with one attached hydrogen (secondary N) is 1. The first kappa shape index (κ1) is 14.1. The number of amides is 1. The molecule has 4 nitrogen and oxygen atoms in total. The van der Waals surface area contributed by atoms with Crippen molar-refractivity contribution >= 4 is 11.6 Å². The van der Waals surface area contributed by atoms with E-state index in [1.54, 1.807) is 24.3 Å². The van der Waals surface area contributed by atoms with Gasteiger partial charge in [0.15, 0.2) is 0 Å². The summed E-state index contributed by atoms with van der Waals surface area (Å²) in [4.78, 5) is 11.8. The van der Waals surface area contributed by atoms with Crippen LogP contribution < -0.4 is 15.8 Å². The van der Waals surface area contributed by atoms with Gasteiger partial charge in [-0.3, -0.25) is 4.79 Å². The maximum Gasteiger partial charge on any atom is 0.251 e. The Morgan fingerprint density at radius 1 is 1.56 bits per heavy atom. The van der Waals surface area contributed by atoms with Crippen LogP contribution in [0.4, 0.5) is 5.69 Å². The van der Waals surface area contributed by atoms with Crippen molar-refractivity contribution < 1.29 is 9.53 Å². The number of nitrogens with two attached hydrogens (primary N) is 1. The van der Waals surface area contributed by atoms with Crippen molar-refractivity contribution in [1.82, 2.24) is 5.32 Å². The van der Waals surface area contributed by atoms with Gasteiger partial charge in [0.2, 0.25) is 0 Å². The molecule has 1 aromatic carbocycles. The Morgan fingerprint density at radius 3 is 3.00 bits per heavy atom. The molecular weight excluding hydrogens is 228 g/mol. The van der Waals surface area contributed by atoms with Crippen LogP contribution in [0.15, 0.2) is 30.9 Å². The molecule has 4 heteroatoms. The van der Waals surface area contributed by atoms with Gasteiger partial charge in [-0.05, 0) is 24.6 Å². The Labute approximate surface area is 108 Å². The molecule has 0 heterocycles. The summed E-state index contributed by atoms with van der Waals surface area (Å²) < 4.78 is 5.38. The summed E-state index contributed by atoms with van der Waals surface area (Å²) in [6.45, 7) is 6.70. The topological polar surface area (TPSA) is 64.3 Å². The van der Waals surface area contributed by atoms with Crippen LogP contribution >= 0.6 is 0 Å². The van der Waals surface area contributed by atoms with E-state index in [0.717, 1.165) is 12.8 Å². The lowest BCUT2D eigenvalue weighted by molar-refractivity contribution is 0.0953. The van der Waals surface area contributed by atoms with Gasteiger partial charge >= 0.3 is 0 Å². The molecule has 0 aliphatic carbocycles. The van der Waals surface area contributed by atoms with Crippen LogP contribution in [0.5, 0.6) is 5.75 Å². The maximum absolute atomic E-state index is 11.8. The van der Waals surface area contributed by atoms with Gasteiger partial charge in [0.05, 0.1) is 5.69 Å². The van der Waals surface area contributed by atoms with Crippen molar-refractivity contribution in [2.45, 2.75) is 19.8 Å². The van der Waals surface area contributed by atoms with Gasteiger partial charge in [-0.2, -0.15) is 0 Å². The average molecular weight is 248 g/mol. The first-order chi connectivity index (χ1) is 8.69. The first-order valence-electron chi connectivity index (χ1n) is 6.10. The molecule has 1 rings (SSSR count). The standard InChI is InChI=1S/C14H20N2O2/c1-3-5-8-16-14(17)11-6-7-12(15)13(10-11)18-9-4-2/h4,6-7,10H,2-3,5,8-9,15H2,1H3,(H,16,17). The molecule has 18 heavy (non-hydrogen) atoms. The van der Waals surface area contributed by atoms with E-state index in [4.69, 9.17) is 10.5 Å². The first-order valence-corrected chi connectivity index (χ1v) is 6.10. The van der Waals surface area contributed by atoms with Crippen molar-refractivity contribution in [3.8, 4) is 5.75 Å². The van der Waals surface area contributed by atoms with Crippen LogP contribution in [0.2, 0.25) is 0 Å². The monoisotopic (exact) mass is 248 g/mol. The normalized spacial score (nSPS) is 9.83. The summed E-state index contributed by atoms with van der Waals surface area (Å²) in [5, 5.41) is 2.85. The van der Waals surface area contributed by atoms with Crippen molar-refractivity contribution in [3.63, 3.8) is 0 Å². The number of hydrogen-bond donors (Lipinski definition) is 2. The van der Waals surface area contributed by atoms with Gasteiger partial charge in [-0.1, -0.05) is 26.0 Å². The molecule has 0 unspecified atom stereocenters. The number of carbonyl (C=O) groups excluding carboxylic acids is 1. The number of anilines is 1. The van der Waals surface area contributed by atoms with Gasteiger partial charge in [0.1, 0.15) is 12.4 Å². The Hall–Kier alpha value is -1.97. The third-order valence-electron chi connectivity index (χ3n) is 2.45. The van der Waals surface area contributed by atoms with Crippen molar-refractivity contribution in [3.05, 3.63) is 36.4 Å². The highest BCUT2D eigenvalue weighted by atomic mass is 16.5. The zero-order chi connectivity index (χ0) is 13.4. The van der Waals surface area contributed by atoms with Crippen LogP contribution in [0.25, 0.3) is 0 Å². The Kier molecular flexibility index (Phi) is 5.77. The molecule has 1 aromatic rings. The summed E-state index contributed by atoms with van der Waals surface area (Å²) in [7, 11) is 0. The molecule has 0 saturated heterocycles.